The lowest BCUT2D eigenvalue weighted by Gasteiger charge is -2.04. The van der Waals surface area contributed by atoms with E-state index in [1.165, 1.54) is 29.6 Å². The average molecular weight is 430 g/mol. The van der Waals surface area contributed by atoms with E-state index >= 15 is 0 Å². The fourth-order valence-corrected chi connectivity index (χ4v) is 4.11. The summed E-state index contributed by atoms with van der Waals surface area (Å²) >= 11 is 2.90. The molecule has 0 aliphatic rings. The van der Waals surface area contributed by atoms with Crippen molar-refractivity contribution < 1.29 is 9.53 Å². The fourth-order valence-electron chi connectivity index (χ4n) is 2.57. The van der Waals surface area contributed by atoms with Crippen LogP contribution in [0.25, 0.3) is 20.4 Å². The first-order chi connectivity index (χ1) is 13.9. The molecule has 0 unspecified atom stereocenters. The highest BCUT2D eigenvalue weighted by Crippen LogP contribution is 2.28. The molecule has 0 aliphatic carbocycles. The van der Waals surface area contributed by atoms with Crippen LogP contribution in [0.3, 0.4) is 0 Å². The average Bonchev–Trinajstić information content (AvgIpc) is 3.21. The molecule has 9 heteroatoms. The number of aromatic nitrogens is 2. The van der Waals surface area contributed by atoms with Crippen LogP contribution >= 0.6 is 22.7 Å². The molecule has 2 aromatic carbocycles. The number of hydrogen-bond donors (Lipinski definition) is 3. The summed E-state index contributed by atoms with van der Waals surface area (Å²) in [6, 6.07) is 11.4. The Hall–Kier alpha value is -2.91. The zero-order valence-corrected chi connectivity index (χ0v) is 17.9. The van der Waals surface area contributed by atoms with Crippen LogP contribution in [0.15, 0.2) is 36.4 Å². The Morgan fingerprint density at radius 2 is 1.66 bits per heavy atom. The Kier molecular flexibility index (Phi) is 6.84. The van der Waals surface area contributed by atoms with Crippen molar-refractivity contribution in [3.63, 3.8) is 0 Å². The summed E-state index contributed by atoms with van der Waals surface area (Å²) in [7, 11) is 0. The number of carbonyl (C=O) groups excluding carboxylic acids is 1. The van der Waals surface area contributed by atoms with E-state index in [0.29, 0.717) is 10.3 Å². The second kappa shape index (κ2) is 9.53. The van der Waals surface area contributed by atoms with Crippen LogP contribution in [0.2, 0.25) is 0 Å². The molecular formula is C20H23N5O2S2. The molecule has 0 aliphatic heterocycles. The van der Waals surface area contributed by atoms with E-state index in [0.717, 1.165) is 51.3 Å². The number of ether oxygens (including phenoxy) is 1. The number of fused-ring (bicyclic) bond motifs is 2. The van der Waals surface area contributed by atoms with Crippen molar-refractivity contribution in [3.05, 3.63) is 36.4 Å². The van der Waals surface area contributed by atoms with Gasteiger partial charge in [0.05, 0.1) is 27.0 Å². The molecule has 4 rings (SSSR count). The van der Waals surface area contributed by atoms with Crippen molar-refractivity contribution in [1.82, 2.24) is 9.97 Å². The van der Waals surface area contributed by atoms with Gasteiger partial charge in [0.2, 0.25) is 5.91 Å². The molecule has 0 saturated carbocycles. The summed E-state index contributed by atoms with van der Waals surface area (Å²) in [6.45, 7) is 4.40. The first-order valence-corrected chi connectivity index (χ1v) is 10.8. The lowest BCUT2D eigenvalue weighted by Crippen LogP contribution is -2.05. The van der Waals surface area contributed by atoms with Crippen LogP contribution in [0.4, 0.5) is 16.0 Å². The Labute approximate surface area is 176 Å². The summed E-state index contributed by atoms with van der Waals surface area (Å²) in [6.07, 6.45) is 2.23. The molecule has 0 saturated heterocycles. The number of nitrogens with two attached hydrogens (primary N) is 2. The number of carbonyl (C=O) groups is 1. The lowest BCUT2D eigenvalue weighted by atomic mass is 10.3. The number of hydrogen-bond acceptors (Lipinski definition) is 8. The van der Waals surface area contributed by atoms with Crippen molar-refractivity contribution in [3.8, 4) is 5.75 Å². The summed E-state index contributed by atoms with van der Waals surface area (Å²) in [5, 5.41) is 3.85. The van der Waals surface area contributed by atoms with E-state index in [1.807, 2.05) is 36.4 Å². The number of unbranched alkanes of at least 4 members (excludes halogenated alkanes) is 1. The molecule has 0 fully saturated rings. The van der Waals surface area contributed by atoms with Crippen LogP contribution < -0.4 is 21.5 Å². The van der Waals surface area contributed by atoms with Crippen molar-refractivity contribution >= 4 is 65.0 Å². The third-order valence-electron chi connectivity index (χ3n) is 3.87. The summed E-state index contributed by atoms with van der Waals surface area (Å²) < 4.78 is 7.67. The van der Waals surface area contributed by atoms with Crippen LogP contribution in [0.5, 0.6) is 5.75 Å². The van der Waals surface area contributed by atoms with Crippen molar-refractivity contribution in [2.24, 2.45) is 0 Å². The van der Waals surface area contributed by atoms with Crippen LogP contribution in [0, 0.1) is 0 Å². The summed E-state index contributed by atoms with van der Waals surface area (Å²) in [5.74, 6) is 0.821. The van der Waals surface area contributed by atoms with Crippen molar-refractivity contribution in [2.45, 2.75) is 26.7 Å². The minimum absolute atomic E-state index is 0.0816. The van der Waals surface area contributed by atoms with Gasteiger partial charge in [-0.3, -0.25) is 4.79 Å². The molecule has 4 aromatic rings. The maximum Gasteiger partial charge on any atom is 0.221 e. The van der Waals surface area contributed by atoms with Gasteiger partial charge in [0, 0.05) is 12.6 Å². The van der Waals surface area contributed by atoms with E-state index in [9.17, 15) is 4.79 Å². The fraction of sp³-hybridized carbons (Fsp3) is 0.250. The van der Waals surface area contributed by atoms with Gasteiger partial charge in [0.1, 0.15) is 5.75 Å². The number of nitrogen functional groups attached to an aromatic ring is 2. The molecule has 2 heterocycles. The van der Waals surface area contributed by atoms with Gasteiger partial charge >= 0.3 is 0 Å². The van der Waals surface area contributed by atoms with Gasteiger partial charge in [0.25, 0.3) is 0 Å². The minimum atomic E-state index is -0.0816. The molecule has 0 spiro atoms. The smallest absolute Gasteiger partial charge is 0.221 e. The molecule has 152 valence electrons. The second-order valence-electron chi connectivity index (χ2n) is 6.30. The van der Waals surface area contributed by atoms with E-state index < -0.39 is 0 Å². The predicted octanol–water partition coefficient (Wildman–Crippen LogP) is 4.89. The Bertz CT molecular complexity index is 1120. The predicted molar refractivity (Wildman–Crippen MR) is 123 cm³/mol. The highest BCUT2D eigenvalue weighted by molar-refractivity contribution is 7.22. The number of thiazole rings is 2. The number of amides is 1. The van der Waals surface area contributed by atoms with Gasteiger partial charge in [-0.05, 0) is 42.8 Å². The summed E-state index contributed by atoms with van der Waals surface area (Å²) in [5.41, 5.74) is 13.8. The number of benzene rings is 2. The largest absolute Gasteiger partial charge is 0.494 e. The quantitative estimate of drug-likeness (QED) is 0.389. The van der Waals surface area contributed by atoms with Gasteiger partial charge < -0.3 is 21.5 Å². The summed E-state index contributed by atoms with van der Waals surface area (Å²) in [4.78, 5) is 19.1. The highest BCUT2D eigenvalue weighted by Gasteiger charge is 2.03. The normalized spacial score (nSPS) is 10.6. The van der Waals surface area contributed by atoms with E-state index in [4.69, 9.17) is 16.2 Å². The molecular weight excluding hydrogens is 406 g/mol. The maximum atomic E-state index is 10.8. The molecule has 0 atom stereocenters. The molecule has 7 nitrogen and oxygen atoms in total. The number of rotatable bonds is 5. The lowest BCUT2D eigenvalue weighted by molar-refractivity contribution is -0.114. The third-order valence-corrected chi connectivity index (χ3v) is 5.56. The zero-order valence-electron chi connectivity index (χ0n) is 16.3. The first kappa shape index (κ1) is 20.8. The van der Waals surface area contributed by atoms with E-state index in [-0.39, 0.29) is 5.91 Å². The third kappa shape index (κ3) is 5.78. The Balaban J connectivity index is 0.000000166. The maximum absolute atomic E-state index is 10.8. The van der Waals surface area contributed by atoms with Crippen LogP contribution in [-0.4, -0.2) is 22.5 Å². The standard InChI is InChI=1S/C11H14N2OS.C9H9N3OS/c1-2-3-6-14-8-4-5-9-10(7-8)15-11(12)13-9;1-5(13)11-6-2-3-7-8(4-6)14-9(10)12-7/h4-5,7H,2-3,6H2,1H3,(H2,12,13);2-4H,1H3,(H2,10,12)(H,11,13). The van der Waals surface area contributed by atoms with Gasteiger partial charge in [0.15, 0.2) is 10.3 Å². The number of anilines is 3. The molecule has 5 N–H and O–H groups in total. The van der Waals surface area contributed by atoms with Crippen molar-refractivity contribution in [2.75, 3.05) is 23.4 Å². The van der Waals surface area contributed by atoms with Crippen LogP contribution in [-0.2, 0) is 4.79 Å². The molecule has 2 aromatic heterocycles. The molecule has 29 heavy (non-hydrogen) atoms. The Morgan fingerprint density at radius 1 is 1.03 bits per heavy atom. The first-order valence-electron chi connectivity index (χ1n) is 9.17. The van der Waals surface area contributed by atoms with Gasteiger partial charge in [-0.2, -0.15) is 0 Å². The van der Waals surface area contributed by atoms with Gasteiger partial charge in [-0.25, -0.2) is 9.97 Å². The van der Waals surface area contributed by atoms with Gasteiger partial charge in [-0.15, -0.1) is 0 Å². The van der Waals surface area contributed by atoms with Gasteiger partial charge in [-0.1, -0.05) is 36.0 Å². The SMILES string of the molecule is CC(=O)Nc1ccc2nc(N)sc2c1.CCCCOc1ccc2nc(N)sc2c1. The highest BCUT2D eigenvalue weighted by atomic mass is 32.1. The molecule has 0 radical (unpaired) electrons. The monoisotopic (exact) mass is 429 g/mol. The van der Waals surface area contributed by atoms with Crippen molar-refractivity contribution in [1.29, 1.82) is 0 Å². The van der Waals surface area contributed by atoms with Crippen LogP contribution in [0.1, 0.15) is 26.7 Å². The second-order valence-corrected chi connectivity index (χ2v) is 8.42. The minimum Gasteiger partial charge on any atom is -0.494 e. The Morgan fingerprint density at radius 3 is 2.28 bits per heavy atom. The van der Waals surface area contributed by atoms with E-state index in [1.54, 1.807) is 0 Å². The molecule has 1 amide bonds. The molecule has 0 bridgehead atoms. The number of nitrogens with zero attached hydrogens (tertiary/aromatic N) is 2. The number of nitrogens with one attached hydrogen (secondary N) is 1. The topological polar surface area (TPSA) is 116 Å². The zero-order chi connectivity index (χ0) is 20.8. The van der Waals surface area contributed by atoms with E-state index in [2.05, 4.69) is 22.2 Å².